The molecule has 5 nitrogen and oxygen atoms in total. The molecular formula is C7H13NO4S. The van der Waals surface area contributed by atoms with Crippen molar-refractivity contribution in [2.24, 2.45) is 0 Å². The second kappa shape index (κ2) is 5.71. The fourth-order valence-corrected chi connectivity index (χ4v) is 0.979. The third-order valence-electron chi connectivity index (χ3n) is 1.60. The van der Waals surface area contributed by atoms with Crippen LogP contribution in [0.2, 0.25) is 0 Å². The average Bonchev–Trinajstić information content (AvgIpc) is 2.11. The summed E-state index contributed by atoms with van der Waals surface area (Å²) in [6.07, 6.45) is 1.16. The molecule has 6 heteroatoms. The van der Waals surface area contributed by atoms with Crippen LogP contribution in [0.15, 0.2) is 12.7 Å². The van der Waals surface area contributed by atoms with Gasteiger partial charge in [-0.2, -0.15) is 0 Å². The first-order valence-corrected chi connectivity index (χ1v) is 4.75. The molecule has 0 N–H and O–H groups in total. The fourth-order valence-electron chi connectivity index (χ4n) is 0.642. The van der Waals surface area contributed by atoms with Crippen molar-refractivity contribution in [3.63, 3.8) is 0 Å². The van der Waals surface area contributed by atoms with Gasteiger partial charge in [0.15, 0.2) is 0 Å². The highest BCUT2D eigenvalue weighted by atomic mass is 32.2. The van der Waals surface area contributed by atoms with E-state index in [4.69, 9.17) is 0 Å². The van der Waals surface area contributed by atoms with Crippen molar-refractivity contribution in [1.82, 2.24) is 4.90 Å². The standard InChI is InChI=1S/C7H13NO4S/c1-4-7(9)8(3)6(2)5-12-13(10)11/h4,6,13H,1,5H2,2-3H3. The van der Waals surface area contributed by atoms with E-state index >= 15 is 0 Å². The van der Waals surface area contributed by atoms with Crippen molar-refractivity contribution in [2.75, 3.05) is 13.7 Å². The summed E-state index contributed by atoms with van der Waals surface area (Å²) in [7, 11) is -1.29. The Morgan fingerprint density at radius 1 is 1.69 bits per heavy atom. The zero-order valence-corrected chi connectivity index (χ0v) is 8.49. The summed E-state index contributed by atoms with van der Waals surface area (Å²) in [4.78, 5) is 12.4. The van der Waals surface area contributed by atoms with Gasteiger partial charge in [0.05, 0.1) is 12.6 Å². The largest absolute Gasteiger partial charge is 0.337 e. The van der Waals surface area contributed by atoms with Gasteiger partial charge in [-0.25, -0.2) is 8.42 Å². The molecule has 0 saturated heterocycles. The Bertz CT molecular complexity index is 253. The van der Waals surface area contributed by atoms with Crippen molar-refractivity contribution < 1.29 is 17.4 Å². The first-order chi connectivity index (χ1) is 5.99. The molecule has 0 heterocycles. The number of nitrogens with zero attached hydrogens (tertiary/aromatic N) is 1. The summed E-state index contributed by atoms with van der Waals surface area (Å²) in [6.45, 7) is 4.96. The van der Waals surface area contributed by atoms with Crippen LogP contribution in [0, 0.1) is 0 Å². The molecule has 0 aromatic heterocycles. The molecule has 1 amide bonds. The van der Waals surface area contributed by atoms with Crippen LogP contribution in [0.1, 0.15) is 6.92 Å². The van der Waals surface area contributed by atoms with E-state index in [1.54, 1.807) is 14.0 Å². The maximum atomic E-state index is 11.0. The molecule has 0 saturated carbocycles. The Morgan fingerprint density at radius 3 is 2.62 bits per heavy atom. The van der Waals surface area contributed by atoms with Crippen LogP contribution in [-0.4, -0.2) is 38.9 Å². The molecule has 0 aliphatic carbocycles. The summed E-state index contributed by atoms with van der Waals surface area (Å²) in [5, 5.41) is 0. The zero-order valence-electron chi connectivity index (χ0n) is 7.60. The van der Waals surface area contributed by atoms with Crippen LogP contribution < -0.4 is 0 Å². The molecule has 0 aliphatic heterocycles. The molecule has 0 spiro atoms. The van der Waals surface area contributed by atoms with E-state index in [9.17, 15) is 13.2 Å². The van der Waals surface area contributed by atoms with Crippen molar-refractivity contribution in [1.29, 1.82) is 0 Å². The van der Waals surface area contributed by atoms with Gasteiger partial charge < -0.3 is 4.90 Å². The maximum Gasteiger partial charge on any atom is 0.257 e. The summed E-state index contributed by atoms with van der Waals surface area (Å²) in [5.74, 6) is -0.266. The Morgan fingerprint density at radius 2 is 2.23 bits per heavy atom. The van der Waals surface area contributed by atoms with Crippen LogP contribution in [0.4, 0.5) is 0 Å². The van der Waals surface area contributed by atoms with E-state index in [2.05, 4.69) is 10.8 Å². The first kappa shape index (κ1) is 12.1. The number of hydrogen-bond acceptors (Lipinski definition) is 4. The minimum atomic E-state index is -2.85. The number of carbonyl (C=O) groups excluding carboxylic acids is 1. The van der Waals surface area contributed by atoms with Crippen LogP contribution in [0.5, 0.6) is 0 Å². The summed E-state index contributed by atoms with van der Waals surface area (Å²) in [6, 6.07) is -0.293. The lowest BCUT2D eigenvalue weighted by Gasteiger charge is -2.22. The molecule has 13 heavy (non-hydrogen) atoms. The lowest BCUT2D eigenvalue weighted by molar-refractivity contribution is -0.126. The van der Waals surface area contributed by atoms with E-state index in [1.807, 2.05) is 0 Å². The van der Waals surface area contributed by atoms with Gasteiger partial charge in [-0.05, 0) is 13.0 Å². The van der Waals surface area contributed by atoms with Crippen molar-refractivity contribution in [3.8, 4) is 0 Å². The van der Waals surface area contributed by atoms with Gasteiger partial charge in [0.2, 0.25) is 5.91 Å². The second-order valence-electron chi connectivity index (χ2n) is 2.52. The molecule has 0 radical (unpaired) electrons. The van der Waals surface area contributed by atoms with Gasteiger partial charge in [-0.1, -0.05) is 6.58 Å². The van der Waals surface area contributed by atoms with Gasteiger partial charge >= 0.3 is 0 Å². The Labute approximate surface area is 79.1 Å². The van der Waals surface area contributed by atoms with Gasteiger partial charge in [-0.15, -0.1) is 0 Å². The smallest absolute Gasteiger partial charge is 0.257 e. The van der Waals surface area contributed by atoms with Gasteiger partial charge in [0, 0.05) is 7.05 Å². The number of hydrogen-bond donors (Lipinski definition) is 1. The lowest BCUT2D eigenvalue weighted by Crippen LogP contribution is -2.36. The summed E-state index contributed by atoms with van der Waals surface area (Å²) in [5.41, 5.74) is 0. The predicted molar refractivity (Wildman–Crippen MR) is 48.7 cm³/mol. The SMILES string of the molecule is C=CC(=O)N(C)C(C)CO[SH](=O)=O. The number of amides is 1. The second-order valence-corrected chi connectivity index (χ2v) is 3.23. The molecule has 1 unspecified atom stereocenters. The van der Waals surface area contributed by atoms with Crippen molar-refractivity contribution in [3.05, 3.63) is 12.7 Å². The molecule has 0 aliphatic rings. The molecular weight excluding hydrogens is 194 g/mol. The van der Waals surface area contributed by atoms with Gasteiger partial charge in [0.1, 0.15) is 0 Å². The Balaban J connectivity index is 4.02. The molecule has 0 rings (SSSR count). The summed E-state index contributed by atoms with van der Waals surface area (Å²) < 4.78 is 24.5. The third-order valence-corrected chi connectivity index (χ3v) is 1.96. The zero-order chi connectivity index (χ0) is 10.4. The molecule has 1 atom stereocenters. The molecule has 76 valence electrons. The van der Waals surface area contributed by atoms with E-state index in [0.717, 1.165) is 6.08 Å². The average molecular weight is 207 g/mol. The number of thiol groups is 1. The number of carbonyl (C=O) groups is 1. The molecule has 0 fully saturated rings. The van der Waals surface area contributed by atoms with E-state index < -0.39 is 11.0 Å². The van der Waals surface area contributed by atoms with Crippen LogP contribution in [0.25, 0.3) is 0 Å². The van der Waals surface area contributed by atoms with E-state index in [0.29, 0.717) is 0 Å². The summed E-state index contributed by atoms with van der Waals surface area (Å²) >= 11 is 0. The predicted octanol–water partition coefficient (Wildman–Crippen LogP) is -0.438. The fraction of sp³-hybridized carbons (Fsp3) is 0.571. The third kappa shape index (κ3) is 4.64. The Kier molecular flexibility index (Phi) is 5.33. The minimum Gasteiger partial charge on any atom is -0.337 e. The van der Waals surface area contributed by atoms with E-state index in [-0.39, 0.29) is 18.6 Å². The highest BCUT2D eigenvalue weighted by Crippen LogP contribution is 1.97. The minimum absolute atomic E-state index is 0.0330. The maximum absolute atomic E-state index is 11.0. The molecule has 0 aromatic carbocycles. The highest BCUT2D eigenvalue weighted by molar-refractivity contribution is 7.67. The van der Waals surface area contributed by atoms with Crippen LogP contribution in [-0.2, 0) is 20.0 Å². The Hall–Kier alpha value is -0.880. The van der Waals surface area contributed by atoms with Crippen LogP contribution >= 0.6 is 0 Å². The number of likely N-dealkylation sites (N-methyl/N-ethyl adjacent to an activating group) is 1. The monoisotopic (exact) mass is 207 g/mol. The van der Waals surface area contributed by atoms with E-state index in [1.165, 1.54) is 4.90 Å². The lowest BCUT2D eigenvalue weighted by atomic mass is 10.3. The first-order valence-electron chi connectivity index (χ1n) is 3.65. The van der Waals surface area contributed by atoms with Crippen molar-refractivity contribution >= 4 is 16.9 Å². The van der Waals surface area contributed by atoms with Gasteiger partial charge in [0.25, 0.3) is 11.0 Å². The van der Waals surface area contributed by atoms with Crippen molar-refractivity contribution in [2.45, 2.75) is 13.0 Å². The van der Waals surface area contributed by atoms with Gasteiger partial charge in [-0.3, -0.25) is 8.98 Å². The molecule has 0 bridgehead atoms. The normalized spacial score (nSPS) is 12.5. The highest BCUT2D eigenvalue weighted by Gasteiger charge is 2.12. The number of rotatable bonds is 5. The van der Waals surface area contributed by atoms with Crippen LogP contribution in [0.3, 0.4) is 0 Å². The molecule has 0 aromatic rings. The topological polar surface area (TPSA) is 63.7 Å². The quantitative estimate of drug-likeness (QED) is 0.490.